The van der Waals surface area contributed by atoms with Gasteiger partial charge in [-0.05, 0) is 18.2 Å². The number of carbonyl (C=O) groups excluding carboxylic acids is 1. The smallest absolute Gasteiger partial charge is 0.251 e. The van der Waals surface area contributed by atoms with Gasteiger partial charge in [0, 0.05) is 34.4 Å². The molecule has 0 saturated heterocycles. The van der Waals surface area contributed by atoms with Gasteiger partial charge in [-0.15, -0.1) is 0 Å². The molecular weight excluding hydrogens is 279 g/mol. The minimum atomic E-state index is -0.931. The molecule has 0 fully saturated rings. The molecule has 1 rings (SSSR count). The van der Waals surface area contributed by atoms with Gasteiger partial charge in [0.15, 0.2) is 0 Å². The second kappa shape index (κ2) is 8.46. The fraction of sp³-hybridized carbons (Fsp3) is 0.357. The minimum absolute atomic E-state index is 0.149. The van der Waals surface area contributed by atoms with Gasteiger partial charge in [-0.2, -0.15) is 0 Å². The van der Waals surface area contributed by atoms with Crippen LogP contribution in [0.15, 0.2) is 18.2 Å². The topological polar surface area (TPSA) is 72.2 Å². The maximum Gasteiger partial charge on any atom is 0.251 e. The standard InChI is InChI=1S/C14H17FN2O2S/c1-2-20(19)9-8-17-14(18)12-6-5-11(4-3-7-16)13(15)10-12/h5-6,10H,2,7-9,16H2,1H3,(H,17,18). The SMILES string of the molecule is CCS(=O)CCNC(=O)c1ccc(C#CCN)c(F)c1. The predicted molar refractivity (Wildman–Crippen MR) is 78.2 cm³/mol. The Morgan fingerprint density at radius 3 is 2.85 bits per heavy atom. The average Bonchev–Trinajstić information content (AvgIpc) is 2.45. The first-order chi connectivity index (χ1) is 9.58. The predicted octanol–water partition coefficient (Wildman–Crippen LogP) is 0.634. The van der Waals surface area contributed by atoms with E-state index in [4.69, 9.17) is 5.73 Å². The van der Waals surface area contributed by atoms with Crippen molar-refractivity contribution >= 4 is 16.7 Å². The number of benzene rings is 1. The van der Waals surface area contributed by atoms with E-state index in [1.165, 1.54) is 12.1 Å². The van der Waals surface area contributed by atoms with Crippen LogP contribution < -0.4 is 11.1 Å². The molecule has 3 N–H and O–H groups in total. The van der Waals surface area contributed by atoms with Crippen LogP contribution in [0.3, 0.4) is 0 Å². The van der Waals surface area contributed by atoms with E-state index in [2.05, 4.69) is 17.2 Å². The Bertz CT molecular complexity index is 564. The van der Waals surface area contributed by atoms with Crippen molar-refractivity contribution in [3.63, 3.8) is 0 Å². The third kappa shape index (κ3) is 5.11. The van der Waals surface area contributed by atoms with Gasteiger partial charge in [-0.25, -0.2) is 4.39 Å². The quantitative estimate of drug-likeness (QED) is 0.783. The normalized spacial score (nSPS) is 11.3. The summed E-state index contributed by atoms with van der Waals surface area (Å²) in [5.41, 5.74) is 5.63. The number of amides is 1. The van der Waals surface area contributed by atoms with Crippen molar-refractivity contribution in [2.75, 3.05) is 24.6 Å². The summed E-state index contributed by atoms with van der Waals surface area (Å²) >= 11 is 0. The van der Waals surface area contributed by atoms with Crippen molar-refractivity contribution in [3.05, 3.63) is 35.1 Å². The molecule has 0 spiro atoms. The summed E-state index contributed by atoms with van der Waals surface area (Å²) in [4.78, 5) is 11.8. The van der Waals surface area contributed by atoms with Crippen molar-refractivity contribution in [1.82, 2.24) is 5.32 Å². The fourth-order valence-corrected chi connectivity index (χ4v) is 2.05. The second-order valence-corrected chi connectivity index (χ2v) is 5.75. The molecule has 1 amide bonds. The van der Waals surface area contributed by atoms with Crippen LogP contribution in [-0.4, -0.2) is 34.7 Å². The number of hydrogen-bond donors (Lipinski definition) is 2. The Labute approximate surface area is 120 Å². The van der Waals surface area contributed by atoms with E-state index < -0.39 is 22.5 Å². The van der Waals surface area contributed by atoms with Crippen LogP contribution in [0.1, 0.15) is 22.8 Å². The van der Waals surface area contributed by atoms with Crippen LogP contribution in [0.5, 0.6) is 0 Å². The molecule has 1 aromatic carbocycles. The highest BCUT2D eigenvalue weighted by Crippen LogP contribution is 2.09. The van der Waals surface area contributed by atoms with Crippen molar-refractivity contribution in [1.29, 1.82) is 0 Å². The number of nitrogens with two attached hydrogens (primary N) is 1. The lowest BCUT2D eigenvalue weighted by Gasteiger charge is -2.05. The van der Waals surface area contributed by atoms with Crippen molar-refractivity contribution < 1.29 is 13.4 Å². The lowest BCUT2D eigenvalue weighted by Crippen LogP contribution is -2.28. The molecule has 0 bridgehead atoms. The zero-order chi connectivity index (χ0) is 15.0. The number of carbonyl (C=O) groups is 1. The summed E-state index contributed by atoms with van der Waals surface area (Å²) in [7, 11) is -0.931. The average molecular weight is 296 g/mol. The molecule has 4 nitrogen and oxygen atoms in total. The van der Waals surface area contributed by atoms with Gasteiger partial charge < -0.3 is 11.1 Å². The summed E-state index contributed by atoms with van der Waals surface area (Å²) in [5, 5.41) is 2.60. The lowest BCUT2D eigenvalue weighted by molar-refractivity contribution is 0.0955. The Morgan fingerprint density at radius 1 is 1.50 bits per heavy atom. The fourth-order valence-electron chi connectivity index (χ4n) is 1.43. The van der Waals surface area contributed by atoms with E-state index in [9.17, 15) is 13.4 Å². The molecule has 0 radical (unpaired) electrons. The third-order valence-corrected chi connectivity index (χ3v) is 3.80. The summed E-state index contributed by atoms with van der Waals surface area (Å²) in [6.45, 7) is 2.26. The van der Waals surface area contributed by atoms with Gasteiger partial charge in [-0.3, -0.25) is 9.00 Å². The zero-order valence-corrected chi connectivity index (χ0v) is 12.1. The third-order valence-electron chi connectivity index (χ3n) is 2.49. The van der Waals surface area contributed by atoms with E-state index in [1.54, 1.807) is 0 Å². The molecular formula is C14H17FN2O2S. The summed E-state index contributed by atoms with van der Waals surface area (Å²) in [5.74, 6) is 5.13. The van der Waals surface area contributed by atoms with Gasteiger partial charge in [-0.1, -0.05) is 18.8 Å². The molecule has 0 aliphatic rings. The number of hydrogen-bond acceptors (Lipinski definition) is 3. The largest absolute Gasteiger partial charge is 0.351 e. The highest BCUT2D eigenvalue weighted by Gasteiger charge is 2.08. The second-order valence-electron chi connectivity index (χ2n) is 3.89. The lowest BCUT2D eigenvalue weighted by atomic mass is 10.1. The van der Waals surface area contributed by atoms with Crippen LogP contribution >= 0.6 is 0 Å². The first-order valence-corrected chi connectivity index (χ1v) is 7.69. The van der Waals surface area contributed by atoms with Crippen molar-refractivity contribution in [2.24, 2.45) is 5.73 Å². The minimum Gasteiger partial charge on any atom is -0.351 e. The molecule has 0 aliphatic carbocycles. The first kappa shape index (κ1) is 16.3. The summed E-state index contributed by atoms with van der Waals surface area (Å²) < 4.78 is 24.9. The molecule has 0 heterocycles. The van der Waals surface area contributed by atoms with Gasteiger partial charge in [0.2, 0.25) is 0 Å². The summed E-state index contributed by atoms with van der Waals surface area (Å²) in [6.07, 6.45) is 0. The molecule has 108 valence electrons. The van der Waals surface area contributed by atoms with Crippen molar-refractivity contribution in [3.8, 4) is 11.8 Å². The zero-order valence-electron chi connectivity index (χ0n) is 11.2. The molecule has 0 aliphatic heterocycles. The monoisotopic (exact) mass is 296 g/mol. The van der Waals surface area contributed by atoms with E-state index in [-0.39, 0.29) is 17.7 Å². The Morgan fingerprint density at radius 2 is 2.25 bits per heavy atom. The molecule has 1 atom stereocenters. The van der Waals surface area contributed by atoms with Crippen LogP contribution in [0.4, 0.5) is 4.39 Å². The van der Waals surface area contributed by atoms with Crippen LogP contribution in [0.2, 0.25) is 0 Å². The van der Waals surface area contributed by atoms with E-state index >= 15 is 0 Å². The highest BCUT2D eigenvalue weighted by molar-refractivity contribution is 7.84. The van der Waals surface area contributed by atoms with E-state index in [1.807, 2.05) is 6.92 Å². The van der Waals surface area contributed by atoms with Crippen LogP contribution in [-0.2, 0) is 10.8 Å². The number of rotatable bonds is 5. The number of halogens is 1. The maximum atomic E-state index is 13.7. The molecule has 0 aromatic heterocycles. The molecule has 0 saturated carbocycles. The van der Waals surface area contributed by atoms with E-state index in [0.717, 1.165) is 6.07 Å². The Kier molecular flexibility index (Phi) is 6.91. The van der Waals surface area contributed by atoms with Gasteiger partial charge in [0.05, 0.1) is 12.1 Å². The van der Waals surface area contributed by atoms with Crippen LogP contribution in [0, 0.1) is 17.7 Å². The molecule has 1 unspecified atom stereocenters. The van der Waals surface area contributed by atoms with Crippen LogP contribution in [0.25, 0.3) is 0 Å². The van der Waals surface area contributed by atoms with Gasteiger partial charge in [0.25, 0.3) is 5.91 Å². The highest BCUT2D eigenvalue weighted by atomic mass is 32.2. The maximum absolute atomic E-state index is 13.7. The van der Waals surface area contributed by atoms with Gasteiger partial charge in [0.1, 0.15) is 5.82 Å². The Balaban J connectivity index is 2.65. The first-order valence-electron chi connectivity index (χ1n) is 6.20. The summed E-state index contributed by atoms with van der Waals surface area (Å²) in [6, 6.07) is 4.07. The molecule has 6 heteroatoms. The van der Waals surface area contributed by atoms with Crippen molar-refractivity contribution in [2.45, 2.75) is 6.92 Å². The number of nitrogens with one attached hydrogen (secondary N) is 1. The van der Waals surface area contributed by atoms with E-state index in [0.29, 0.717) is 18.1 Å². The molecule has 20 heavy (non-hydrogen) atoms. The Hall–Kier alpha value is -1.71. The molecule has 1 aromatic rings. The van der Waals surface area contributed by atoms with Gasteiger partial charge >= 0.3 is 0 Å².